The minimum absolute atomic E-state index is 0.0976. The van der Waals surface area contributed by atoms with Crippen LogP contribution in [0.2, 0.25) is 0 Å². The predicted molar refractivity (Wildman–Crippen MR) is 140 cm³/mol. The zero-order valence-electron chi connectivity index (χ0n) is 18.9. The monoisotopic (exact) mass is 465 g/mol. The molecular formula is C28H23N3O2S. The van der Waals surface area contributed by atoms with Gasteiger partial charge in [-0.05, 0) is 42.6 Å². The van der Waals surface area contributed by atoms with E-state index in [9.17, 15) is 4.79 Å². The van der Waals surface area contributed by atoms with E-state index in [2.05, 4.69) is 42.6 Å². The molecule has 0 saturated carbocycles. The molecular weight excluding hydrogens is 442 g/mol. The molecule has 0 atom stereocenters. The molecule has 1 amide bonds. The fourth-order valence-electron chi connectivity index (χ4n) is 3.78. The van der Waals surface area contributed by atoms with E-state index in [0.29, 0.717) is 5.82 Å². The first-order chi connectivity index (χ1) is 16.6. The molecule has 0 aliphatic rings. The van der Waals surface area contributed by atoms with E-state index >= 15 is 0 Å². The number of fused-ring (bicyclic) bond motifs is 3. The lowest BCUT2D eigenvalue weighted by molar-refractivity contribution is -0.113. The van der Waals surface area contributed by atoms with Crippen LogP contribution in [0.25, 0.3) is 33.1 Å². The van der Waals surface area contributed by atoms with Crippen molar-refractivity contribution in [2.24, 2.45) is 0 Å². The van der Waals surface area contributed by atoms with Gasteiger partial charge in [0.2, 0.25) is 5.91 Å². The van der Waals surface area contributed by atoms with Crippen LogP contribution >= 0.6 is 11.8 Å². The van der Waals surface area contributed by atoms with Crippen molar-refractivity contribution in [2.75, 3.05) is 18.2 Å². The number of methoxy groups -OCH3 is 1. The predicted octanol–water partition coefficient (Wildman–Crippen LogP) is 6.50. The van der Waals surface area contributed by atoms with Gasteiger partial charge in [-0.3, -0.25) is 4.79 Å². The number of ether oxygens (including phenoxy) is 1. The highest BCUT2D eigenvalue weighted by Crippen LogP contribution is 2.33. The van der Waals surface area contributed by atoms with Crippen molar-refractivity contribution < 1.29 is 9.53 Å². The third-order valence-electron chi connectivity index (χ3n) is 5.58. The number of carbonyl (C=O) groups is 1. The van der Waals surface area contributed by atoms with Crippen molar-refractivity contribution in [3.8, 4) is 17.1 Å². The Kier molecular flexibility index (Phi) is 6.14. The summed E-state index contributed by atoms with van der Waals surface area (Å²) in [6, 6.07) is 27.8. The molecule has 0 aliphatic heterocycles. The van der Waals surface area contributed by atoms with E-state index in [1.807, 2.05) is 54.6 Å². The molecule has 4 aromatic carbocycles. The van der Waals surface area contributed by atoms with Gasteiger partial charge < -0.3 is 10.1 Å². The summed E-state index contributed by atoms with van der Waals surface area (Å²) in [4.78, 5) is 22.5. The van der Waals surface area contributed by atoms with Crippen molar-refractivity contribution in [2.45, 2.75) is 11.9 Å². The number of aryl methyl sites for hydroxylation is 1. The zero-order valence-corrected chi connectivity index (χ0v) is 19.7. The number of carbonyl (C=O) groups excluding carboxylic acids is 1. The van der Waals surface area contributed by atoms with Crippen LogP contribution in [0, 0.1) is 6.92 Å². The first-order valence-electron chi connectivity index (χ1n) is 10.9. The third kappa shape index (κ3) is 4.58. The average molecular weight is 466 g/mol. The molecule has 0 fully saturated rings. The summed E-state index contributed by atoms with van der Waals surface area (Å²) in [5, 5.41) is 6.86. The normalized spacial score (nSPS) is 11.0. The second-order valence-electron chi connectivity index (χ2n) is 7.97. The molecule has 34 heavy (non-hydrogen) atoms. The van der Waals surface area contributed by atoms with Gasteiger partial charge in [-0.15, -0.1) is 0 Å². The molecule has 5 aromatic rings. The standard InChI is InChI=1S/C28H23N3O2S/c1-18-7-9-20(10-8-18)27-30-26-23-6-4-3-5-19(23)11-16-24(26)28(31-27)34-17-25(32)29-21-12-14-22(33-2)15-13-21/h3-16H,17H2,1-2H3,(H,29,32). The van der Waals surface area contributed by atoms with Crippen LogP contribution in [0.4, 0.5) is 5.69 Å². The summed E-state index contributed by atoms with van der Waals surface area (Å²) >= 11 is 1.42. The van der Waals surface area contributed by atoms with Crippen LogP contribution in [0.15, 0.2) is 90.0 Å². The molecule has 1 N–H and O–H groups in total. The van der Waals surface area contributed by atoms with Gasteiger partial charge in [-0.25, -0.2) is 9.97 Å². The van der Waals surface area contributed by atoms with Crippen molar-refractivity contribution >= 4 is 45.0 Å². The zero-order chi connectivity index (χ0) is 23.5. The quantitative estimate of drug-likeness (QED) is 0.176. The molecule has 168 valence electrons. The highest BCUT2D eigenvalue weighted by Gasteiger charge is 2.14. The fraction of sp³-hybridized carbons (Fsp3) is 0.107. The van der Waals surface area contributed by atoms with Crippen molar-refractivity contribution in [1.82, 2.24) is 9.97 Å². The average Bonchev–Trinajstić information content (AvgIpc) is 2.88. The topological polar surface area (TPSA) is 64.1 Å². The Labute approximate surface area is 202 Å². The second kappa shape index (κ2) is 9.53. The molecule has 1 aromatic heterocycles. The van der Waals surface area contributed by atoms with Crippen LogP contribution in [-0.2, 0) is 4.79 Å². The summed E-state index contributed by atoms with van der Waals surface area (Å²) in [7, 11) is 1.62. The maximum atomic E-state index is 12.7. The van der Waals surface area contributed by atoms with Crippen LogP contribution in [0.1, 0.15) is 5.56 Å². The van der Waals surface area contributed by atoms with E-state index in [4.69, 9.17) is 14.7 Å². The molecule has 0 bridgehead atoms. The molecule has 5 rings (SSSR count). The first-order valence-corrected chi connectivity index (χ1v) is 11.9. The molecule has 0 aliphatic carbocycles. The Bertz CT molecular complexity index is 1480. The highest BCUT2D eigenvalue weighted by molar-refractivity contribution is 8.00. The number of anilines is 1. The van der Waals surface area contributed by atoms with Crippen LogP contribution < -0.4 is 10.1 Å². The van der Waals surface area contributed by atoms with E-state index < -0.39 is 0 Å². The number of benzene rings is 4. The van der Waals surface area contributed by atoms with E-state index in [0.717, 1.165) is 43.7 Å². The molecule has 5 nitrogen and oxygen atoms in total. The van der Waals surface area contributed by atoms with Gasteiger partial charge in [0.1, 0.15) is 10.8 Å². The van der Waals surface area contributed by atoms with Gasteiger partial charge in [0.15, 0.2) is 5.82 Å². The number of thioether (sulfide) groups is 1. The number of aromatic nitrogens is 2. The summed E-state index contributed by atoms with van der Waals surface area (Å²) < 4.78 is 5.17. The SMILES string of the molecule is COc1ccc(NC(=O)CSc2nc(-c3ccc(C)cc3)nc3c2ccc2ccccc23)cc1. The summed E-state index contributed by atoms with van der Waals surface area (Å²) in [6.07, 6.45) is 0. The van der Waals surface area contributed by atoms with Gasteiger partial charge >= 0.3 is 0 Å². The second-order valence-corrected chi connectivity index (χ2v) is 8.93. The maximum absolute atomic E-state index is 12.7. The Balaban J connectivity index is 1.49. The van der Waals surface area contributed by atoms with E-state index in [1.54, 1.807) is 7.11 Å². The van der Waals surface area contributed by atoms with E-state index in [1.165, 1.54) is 17.3 Å². The lowest BCUT2D eigenvalue weighted by Crippen LogP contribution is -2.14. The number of nitrogens with one attached hydrogen (secondary N) is 1. The molecule has 0 saturated heterocycles. The molecule has 6 heteroatoms. The smallest absolute Gasteiger partial charge is 0.234 e. The summed E-state index contributed by atoms with van der Waals surface area (Å²) in [5.41, 5.74) is 3.75. The number of amides is 1. The molecule has 1 heterocycles. The minimum Gasteiger partial charge on any atom is -0.497 e. The minimum atomic E-state index is -0.0976. The lowest BCUT2D eigenvalue weighted by Gasteiger charge is -2.11. The van der Waals surface area contributed by atoms with Crippen molar-refractivity contribution in [1.29, 1.82) is 0 Å². The number of hydrogen-bond donors (Lipinski definition) is 1. The van der Waals surface area contributed by atoms with Crippen LogP contribution in [0.3, 0.4) is 0 Å². The highest BCUT2D eigenvalue weighted by atomic mass is 32.2. The fourth-order valence-corrected chi connectivity index (χ4v) is 4.59. The van der Waals surface area contributed by atoms with E-state index in [-0.39, 0.29) is 11.7 Å². The first kappa shape index (κ1) is 21.9. The van der Waals surface area contributed by atoms with Crippen molar-refractivity contribution in [3.63, 3.8) is 0 Å². The van der Waals surface area contributed by atoms with Gasteiger partial charge in [-0.1, -0.05) is 71.9 Å². The Hall–Kier alpha value is -3.90. The van der Waals surface area contributed by atoms with Gasteiger partial charge in [0.25, 0.3) is 0 Å². The van der Waals surface area contributed by atoms with Gasteiger partial charge in [0.05, 0.1) is 18.4 Å². The summed E-state index contributed by atoms with van der Waals surface area (Å²) in [5.74, 6) is 1.54. The molecule has 0 spiro atoms. The van der Waals surface area contributed by atoms with Gasteiger partial charge in [0, 0.05) is 22.0 Å². The van der Waals surface area contributed by atoms with Crippen LogP contribution in [0.5, 0.6) is 5.75 Å². The largest absolute Gasteiger partial charge is 0.497 e. The Morgan fingerprint density at radius 1 is 0.882 bits per heavy atom. The Morgan fingerprint density at radius 2 is 1.65 bits per heavy atom. The van der Waals surface area contributed by atoms with Crippen molar-refractivity contribution in [3.05, 3.63) is 90.5 Å². The van der Waals surface area contributed by atoms with Crippen LogP contribution in [-0.4, -0.2) is 28.7 Å². The van der Waals surface area contributed by atoms with Gasteiger partial charge in [-0.2, -0.15) is 0 Å². The molecule has 0 radical (unpaired) electrons. The maximum Gasteiger partial charge on any atom is 0.234 e. The number of nitrogens with zero attached hydrogens (tertiary/aromatic N) is 2. The number of hydrogen-bond acceptors (Lipinski definition) is 5. The Morgan fingerprint density at radius 3 is 2.41 bits per heavy atom. The number of rotatable bonds is 6. The lowest BCUT2D eigenvalue weighted by atomic mass is 10.1. The third-order valence-corrected chi connectivity index (χ3v) is 6.57. The summed E-state index contributed by atoms with van der Waals surface area (Å²) in [6.45, 7) is 2.06. The molecule has 0 unspecified atom stereocenters.